The van der Waals surface area contributed by atoms with Gasteiger partial charge in [-0.3, -0.25) is 0 Å². The van der Waals surface area contributed by atoms with Gasteiger partial charge in [0.2, 0.25) is 5.28 Å². The van der Waals surface area contributed by atoms with Gasteiger partial charge in [-0.1, -0.05) is 13.8 Å². The van der Waals surface area contributed by atoms with E-state index in [1.807, 2.05) is 0 Å². The van der Waals surface area contributed by atoms with Crippen molar-refractivity contribution in [3.8, 4) is 0 Å². The Morgan fingerprint density at radius 2 is 1.93 bits per heavy atom. The topological polar surface area (TPSA) is 25.8 Å². The third-order valence-corrected chi connectivity index (χ3v) is 1.82. The molecule has 1 rings (SSSR count). The predicted molar refractivity (Wildman–Crippen MR) is 46.1 cm³/mol. The zero-order valence-electron chi connectivity index (χ0n) is 7.56. The van der Waals surface area contributed by atoms with Crippen molar-refractivity contribution < 1.29 is 13.2 Å². The summed E-state index contributed by atoms with van der Waals surface area (Å²) in [5.74, 6) is -0.341. The molecule has 1 aromatic rings. The van der Waals surface area contributed by atoms with E-state index in [0.29, 0.717) is 6.20 Å². The first-order valence-corrected chi connectivity index (χ1v) is 4.29. The van der Waals surface area contributed by atoms with Crippen LogP contribution in [-0.4, -0.2) is 9.97 Å². The largest absolute Gasteiger partial charge is 0.419 e. The van der Waals surface area contributed by atoms with Gasteiger partial charge in [0, 0.05) is 6.20 Å². The van der Waals surface area contributed by atoms with Gasteiger partial charge in [0.05, 0.1) is 11.3 Å². The molecule has 0 aromatic carbocycles. The number of hydrogen-bond donors (Lipinski definition) is 0. The second-order valence-electron chi connectivity index (χ2n) is 3.09. The normalized spacial score (nSPS) is 12.2. The molecular formula is C8H8ClF3N2. The molecule has 2 nitrogen and oxygen atoms in total. The van der Waals surface area contributed by atoms with E-state index in [9.17, 15) is 13.2 Å². The molecule has 0 fully saturated rings. The molecule has 0 aliphatic carbocycles. The minimum Gasteiger partial charge on any atom is -0.226 e. The molecule has 78 valence electrons. The summed E-state index contributed by atoms with van der Waals surface area (Å²) in [7, 11) is 0. The lowest BCUT2D eigenvalue weighted by Gasteiger charge is -2.13. The highest BCUT2D eigenvalue weighted by atomic mass is 35.5. The van der Waals surface area contributed by atoms with Gasteiger partial charge in [-0.05, 0) is 17.5 Å². The monoisotopic (exact) mass is 224 g/mol. The van der Waals surface area contributed by atoms with E-state index < -0.39 is 11.7 Å². The molecule has 0 aliphatic heterocycles. The maximum Gasteiger partial charge on any atom is 0.419 e. The fraction of sp³-hybridized carbons (Fsp3) is 0.500. The van der Waals surface area contributed by atoms with Crippen molar-refractivity contribution in [3.63, 3.8) is 0 Å². The van der Waals surface area contributed by atoms with Gasteiger partial charge >= 0.3 is 6.18 Å². The highest BCUT2D eigenvalue weighted by Crippen LogP contribution is 2.33. The Labute approximate surface area is 84.1 Å². The van der Waals surface area contributed by atoms with Gasteiger partial charge in [0.25, 0.3) is 0 Å². The van der Waals surface area contributed by atoms with Crippen LogP contribution in [0.1, 0.15) is 31.0 Å². The van der Waals surface area contributed by atoms with Crippen molar-refractivity contribution in [1.29, 1.82) is 0 Å². The van der Waals surface area contributed by atoms with Crippen LogP contribution in [0.15, 0.2) is 6.20 Å². The molecule has 0 amide bonds. The van der Waals surface area contributed by atoms with Crippen LogP contribution in [0.3, 0.4) is 0 Å². The average Bonchev–Trinajstić information content (AvgIpc) is 2.01. The van der Waals surface area contributed by atoms with Gasteiger partial charge in [-0.15, -0.1) is 0 Å². The predicted octanol–water partition coefficient (Wildman–Crippen LogP) is 3.27. The zero-order valence-corrected chi connectivity index (χ0v) is 8.32. The van der Waals surface area contributed by atoms with E-state index in [1.165, 1.54) is 0 Å². The number of hydrogen-bond acceptors (Lipinski definition) is 2. The van der Waals surface area contributed by atoms with Gasteiger partial charge < -0.3 is 0 Å². The van der Waals surface area contributed by atoms with Gasteiger partial charge in [0.1, 0.15) is 0 Å². The van der Waals surface area contributed by atoms with Crippen LogP contribution >= 0.6 is 11.6 Å². The maximum atomic E-state index is 12.4. The average molecular weight is 225 g/mol. The quantitative estimate of drug-likeness (QED) is 0.685. The fourth-order valence-corrected chi connectivity index (χ4v) is 1.17. The first kappa shape index (κ1) is 11.2. The van der Waals surface area contributed by atoms with E-state index in [4.69, 9.17) is 11.6 Å². The standard InChI is InChI=1S/C8H8ClF3N2/c1-4(2)6-5(8(10,11)12)3-13-7(9)14-6/h3-4H,1-2H3. The van der Waals surface area contributed by atoms with Crippen LogP contribution in [0.25, 0.3) is 0 Å². The molecule has 0 bridgehead atoms. The minimum atomic E-state index is -4.43. The van der Waals surface area contributed by atoms with Crippen LogP contribution < -0.4 is 0 Å². The number of aromatic nitrogens is 2. The van der Waals surface area contributed by atoms with E-state index in [0.717, 1.165) is 0 Å². The molecular weight excluding hydrogens is 217 g/mol. The summed E-state index contributed by atoms with van der Waals surface area (Å²) < 4.78 is 37.3. The summed E-state index contributed by atoms with van der Waals surface area (Å²) in [6.45, 7) is 3.24. The van der Waals surface area contributed by atoms with Crippen LogP contribution in [0.5, 0.6) is 0 Å². The van der Waals surface area contributed by atoms with E-state index >= 15 is 0 Å². The summed E-state index contributed by atoms with van der Waals surface area (Å²) in [5.41, 5.74) is -0.894. The Morgan fingerprint density at radius 3 is 2.36 bits per heavy atom. The third kappa shape index (κ3) is 2.35. The van der Waals surface area contributed by atoms with Crippen LogP contribution in [0.4, 0.5) is 13.2 Å². The molecule has 6 heteroatoms. The van der Waals surface area contributed by atoms with Crippen LogP contribution in [0.2, 0.25) is 5.28 Å². The molecule has 0 spiro atoms. The van der Waals surface area contributed by atoms with Gasteiger partial charge in [0.15, 0.2) is 0 Å². The van der Waals surface area contributed by atoms with Crippen molar-refractivity contribution in [1.82, 2.24) is 9.97 Å². The summed E-state index contributed by atoms with van der Waals surface area (Å²) in [4.78, 5) is 6.90. The van der Waals surface area contributed by atoms with Gasteiger partial charge in [-0.2, -0.15) is 13.2 Å². The Bertz CT molecular complexity index is 336. The van der Waals surface area contributed by atoms with E-state index in [2.05, 4.69) is 9.97 Å². The number of halogens is 4. The molecule has 1 aromatic heterocycles. The molecule has 0 saturated heterocycles. The SMILES string of the molecule is CC(C)c1nc(Cl)ncc1C(F)(F)F. The van der Waals surface area contributed by atoms with E-state index in [-0.39, 0.29) is 16.9 Å². The molecule has 0 radical (unpaired) electrons. The highest BCUT2D eigenvalue weighted by molar-refractivity contribution is 6.28. The smallest absolute Gasteiger partial charge is 0.226 e. The minimum absolute atomic E-state index is 0.0718. The fourth-order valence-electron chi connectivity index (χ4n) is 1.03. The number of rotatable bonds is 1. The van der Waals surface area contributed by atoms with Crippen molar-refractivity contribution in [2.75, 3.05) is 0 Å². The first-order valence-electron chi connectivity index (χ1n) is 3.92. The summed E-state index contributed by atoms with van der Waals surface area (Å²) in [6, 6.07) is 0. The zero-order chi connectivity index (χ0) is 10.9. The molecule has 0 N–H and O–H groups in total. The molecule has 1 heterocycles. The molecule has 0 saturated carbocycles. The molecule has 0 unspecified atom stereocenters. The Balaban J connectivity index is 3.29. The molecule has 14 heavy (non-hydrogen) atoms. The van der Waals surface area contributed by atoms with Crippen molar-refractivity contribution in [3.05, 3.63) is 22.7 Å². The van der Waals surface area contributed by atoms with Crippen molar-refractivity contribution in [2.24, 2.45) is 0 Å². The Morgan fingerprint density at radius 1 is 1.36 bits per heavy atom. The second-order valence-corrected chi connectivity index (χ2v) is 3.43. The summed E-state index contributed by atoms with van der Waals surface area (Å²) in [6.07, 6.45) is -3.71. The number of nitrogens with zero attached hydrogens (tertiary/aromatic N) is 2. The lowest BCUT2D eigenvalue weighted by molar-refractivity contribution is -0.138. The lowest BCUT2D eigenvalue weighted by atomic mass is 10.1. The highest BCUT2D eigenvalue weighted by Gasteiger charge is 2.35. The summed E-state index contributed by atoms with van der Waals surface area (Å²) in [5, 5.41) is -0.165. The third-order valence-electron chi connectivity index (χ3n) is 1.64. The molecule has 0 aliphatic rings. The molecule has 0 atom stereocenters. The van der Waals surface area contributed by atoms with Crippen LogP contribution in [0, 0.1) is 0 Å². The lowest BCUT2D eigenvalue weighted by Crippen LogP contribution is -2.12. The van der Waals surface area contributed by atoms with Crippen LogP contribution in [-0.2, 0) is 6.18 Å². The number of alkyl halides is 3. The Kier molecular flexibility index (Phi) is 2.99. The van der Waals surface area contributed by atoms with Crippen molar-refractivity contribution in [2.45, 2.75) is 25.9 Å². The van der Waals surface area contributed by atoms with Crippen molar-refractivity contribution >= 4 is 11.6 Å². The summed E-state index contributed by atoms with van der Waals surface area (Å²) >= 11 is 5.42. The first-order chi connectivity index (χ1) is 6.32. The maximum absolute atomic E-state index is 12.4. The van der Waals surface area contributed by atoms with Gasteiger partial charge in [-0.25, -0.2) is 9.97 Å². The second kappa shape index (κ2) is 3.73. The Hall–Kier alpha value is -0.840. The van der Waals surface area contributed by atoms with E-state index in [1.54, 1.807) is 13.8 Å².